The second-order valence-corrected chi connectivity index (χ2v) is 4.21. The average Bonchev–Trinajstić information content (AvgIpc) is 2.09. The lowest BCUT2D eigenvalue weighted by molar-refractivity contribution is -0.120. The van der Waals surface area contributed by atoms with Crippen LogP contribution in [-0.4, -0.2) is 14.9 Å². The highest BCUT2D eigenvalue weighted by molar-refractivity contribution is 7.87. The molecule has 0 atom stereocenters. The Hall–Kier alpha value is -1.56. The van der Waals surface area contributed by atoms with E-state index in [1.165, 1.54) is 12.1 Å². The van der Waals surface area contributed by atoms with E-state index in [4.69, 9.17) is 5.73 Å². The molecule has 0 heterocycles. The van der Waals surface area contributed by atoms with E-state index in [0.29, 0.717) is 11.3 Å². The van der Waals surface area contributed by atoms with Crippen molar-refractivity contribution < 1.29 is 17.4 Å². The van der Waals surface area contributed by atoms with E-state index in [0.717, 1.165) is 0 Å². The van der Waals surface area contributed by atoms with Crippen molar-refractivity contribution in [2.75, 3.05) is 5.73 Å². The van der Waals surface area contributed by atoms with Gasteiger partial charge in [-0.2, -0.15) is 8.42 Å². The van der Waals surface area contributed by atoms with Gasteiger partial charge in [0.25, 0.3) is 0 Å². The van der Waals surface area contributed by atoms with Crippen LogP contribution in [0.3, 0.4) is 0 Å². The minimum atomic E-state index is -4.01. The first-order valence-corrected chi connectivity index (χ1v) is 5.11. The fourth-order valence-corrected chi connectivity index (χ4v) is 1.94. The van der Waals surface area contributed by atoms with Crippen LogP contribution in [0, 0.1) is 6.92 Å². The van der Waals surface area contributed by atoms with Crippen molar-refractivity contribution in [2.45, 2.75) is 11.8 Å². The first-order valence-electron chi connectivity index (χ1n) is 3.70. The summed E-state index contributed by atoms with van der Waals surface area (Å²) in [7, 11) is -4.01. The SMILES string of the molecule is Cc1ccc(N)cc1S(=O)(=O)OC=O. The van der Waals surface area contributed by atoms with Gasteiger partial charge in [-0.1, -0.05) is 6.07 Å². The molecule has 0 aliphatic rings. The molecular weight excluding hydrogens is 206 g/mol. The molecule has 1 aromatic carbocycles. The van der Waals surface area contributed by atoms with Gasteiger partial charge >= 0.3 is 16.6 Å². The standard InChI is InChI=1S/C8H9NO4S/c1-6-2-3-7(9)4-8(6)14(11,12)13-5-10/h2-5H,9H2,1H3. The third-order valence-corrected chi connectivity index (χ3v) is 2.96. The van der Waals surface area contributed by atoms with Gasteiger partial charge in [0.15, 0.2) is 0 Å². The van der Waals surface area contributed by atoms with Gasteiger partial charge in [-0.3, -0.25) is 4.79 Å². The molecule has 0 aromatic heterocycles. The minimum Gasteiger partial charge on any atom is -0.399 e. The molecule has 0 unspecified atom stereocenters. The summed E-state index contributed by atoms with van der Waals surface area (Å²) >= 11 is 0. The highest BCUT2D eigenvalue weighted by Crippen LogP contribution is 2.19. The van der Waals surface area contributed by atoms with E-state index in [9.17, 15) is 13.2 Å². The van der Waals surface area contributed by atoms with Crippen LogP contribution in [0.2, 0.25) is 0 Å². The summed E-state index contributed by atoms with van der Waals surface area (Å²) in [6, 6.07) is 4.35. The van der Waals surface area contributed by atoms with Crippen LogP contribution >= 0.6 is 0 Å². The number of hydrogen-bond donors (Lipinski definition) is 1. The number of carbonyl (C=O) groups excluding carboxylic acids is 1. The molecule has 1 rings (SSSR count). The predicted octanol–water partition coefficient (Wildman–Crippen LogP) is 0.439. The Morgan fingerprint density at radius 3 is 2.64 bits per heavy atom. The van der Waals surface area contributed by atoms with Crippen LogP contribution in [0.15, 0.2) is 23.1 Å². The summed E-state index contributed by atoms with van der Waals surface area (Å²) in [6.07, 6.45) is 0. The zero-order valence-corrected chi connectivity index (χ0v) is 8.24. The molecule has 5 nitrogen and oxygen atoms in total. The van der Waals surface area contributed by atoms with Crippen LogP contribution < -0.4 is 5.73 Å². The Labute approximate surface area is 81.6 Å². The van der Waals surface area contributed by atoms with Gasteiger partial charge in [0.2, 0.25) is 0 Å². The van der Waals surface area contributed by atoms with Gasteiger partial charge in [0.1, 0.15) is 4.90 Å². The monoisotopic (exact) mass is 215 g/mol. The lowest BCUT2D eigenvalue weighted by Crippen LogP contribution is -2.07. The summed E-state index contributed by atoms with van der Waals surface area (Å²) < 4.78 is 26.6. The first-order chi connectivity index (χ1) is 6.47. The topological polar surface area (TPSA) is 86.5 Å². The van der Waals surface area contributed by atoms with E-state index in [2.05, 4.69) is 4.18 Å². The third-order valence-electron chi connectivity index (χ3n) is 1.65. The molecule has 6 heteroatoms. The van der Waals surface area contributed by atoms with E-state index in [1.807, 2.05) is 0 Å². The number of nitrogens with two attached hydrogens (primary N) is 1. The molecular formula is C8H9NO4S. The van der Waals surface area contributed by atoms with Gasteiger partial charge in [-0.15, -0.1) is 0 Å². The fourth-order valence-electron chi connectivity index (χ4n) is 0.990. The highest BCUT2D eigenvalue weighted by Gasteiger charge is 2.17. The Morgan fingerprint density at radius 1 is 1.43 bits per heavy atom. The van der Waals surface area contributed by atoms with E-state index in [1.54, 1.807) is 13.0 Å². The molecule has 0 saturated heterocycles. The summed E-state index contributed by atoms with van der Waals surface area (Å²) in [4.78, 5) is 9.86. The maximum atomic E-state index is 11.3. The molecule has 0 saturated carbocycles. The first kappa shape index (κ1) is 10.5. The van der Waals surface area contributed by atoms with Crippen LogP contribution in [-0.2, 0) is 19.1 Å². The van der Waals surface area contributed by atoms with Crippen molar-refractivity contribution in [2.24, 2.45) is 0 Å². The molecule has 0 radical (unpaired) electrons. The summed E-state index contributed by atoms with van der Waals surface area (Å²) in [5.74, 6) is 0. The fraction of sp³-hybridized carbons (Fsp3) is 0.125. The van der Waals surface area contributed by atoms with Crippen LogP contribution in [0.1, 0.15) is 5.56 Å². The molecule has 0 aliphatic heterocycles. The molecule has 14 heavy (non-hydrogen) atoms. The average molecular weight is 215 g/mol. The lowest BCUT2D eigenvalue weighted by Gasteiger charge is -2.05. The maximum absolute atomic E-state index is 11.3. The summed E-state index contributed by atoms with van der Waals surface area (Å²) in [5, 5.41) is 0. The van der Waals surface area contributed by atoms with Gasteiger partial charge in [-0.05, 0) is 24.6 Å². The predicted molar refractivity (Wildman–Crippen MR) is 49.9 cm³/mol. The van der Waals surface area contributed by atoms with Crippen molar-refractivity contribution in [3.8, 4) is 0 Å². The summed E-state index contributed by atoms with van der Waals surface area (Å²) in [6.45, 7) is 1.46. The number of hydrogen-bond acceptors (Lipinski definition) is 5. The molecule has 0 aliphatic carbocycles. The van der Waals surface area contributed by atoms with Crippen molar-refractivity contribution in [1.82, 2.24) is 0 Å². The molecule has 0 bridgehead atoms. The molecule has 2 N–H and O–H groups in total. The normalized spacial score (nSPS) is 10.9. The van der Waals surface area contributed by atoms with Crippen LogP contribution in [0.4, 0.5) is 5.69 Å². The van der Waals surface area contributed by atoms with Crippen LogP contribution in [0.25, 0.3) is 0 Å². The molecule has 0 spiro atoms. The number of anilines is 1. The number of aryl methyl sites for hydroxylation is 1. The lowest BCUT2D eigenvalue weighted by atomic mass is 10.2. The van der Waals surface area contributed by atoms with E-state index >= 15 is 0 Å². The zero-order chi connectivity index (χ0) is 10.8. The number of carbonyl (C=O) groups is 1. The quantitative estimate of drug-likeness (QED) is 0.449. The molecule has 1 aromatic rings. The van der Waals surface area contributed by atoms with E-state index in [-0.39, 0.29) is 11.4 Å². The molecule has 0 amide bonds. The van der Waals surface area contributed by atoms with Crippen molar-refractivity contribution in [3.05, 3.63) is 23.8 Å². The van der Waals surface area contributed by atoms with Crippen molar-refractivity contribution in [3.63, 3.8) is 0 Å². The second kappa shape index (κ2) is 3.67. The third kappa shape index (κ3) is 2.02. The number of nitrogen functional groups attached to an aromatic ring is 1. The zero-order valence-electron chi connectivity index (χ0n) is 7.43. The van der Waals surface area contributed by atoms with Gasteiger partial charge < -0.3 is 9.92 Å². The number of rotatable bonds is 3. The Kier molecular flexibility index (Phi) is 2.76. The van der Waals surface area contributed by atoms with Gasteiger partial charge in [0, 0.05) is 5.69 Å². The van der Waals surface area contributed by atoms with E-state index < -0.39 is 10.1 Å². The van der Waals surface area contributed by atoms with Gasteiger partial charge in [0.05, 0.1) is 0 Å². The largest absolute Gasteiger partial charge is 0.399 e. The minimum absolute atomic E-state index is 0.0930. The maximum Gasteiger partial charge on any atom is 0.341 e. The molecule has 0 fully saturated rings. The van der Waals surface area contributed by atoms with Gasteiger partial charge in [-0.25, -0.2) is 0 Å². The second-order valence-electron chi connectivity index (χ2n) is 2.67. The van der Waals surface area contributed by atoms with Crippen molar-refractivity contribution in [1.29, 1.82) is 0 Å². The van der Waals surface area contributed by atoms with Crippen LogP contribution in [0.5, 0.6) is 0 Å². The van der Waals surface area contributed by atoms with Crippen molar-refractivity contribution >= 4 is 22.3 Å². The Bertz CT molecular complexity index is 452. The molecule has 76 valence electrons. The Balaban J connectivity index is 3.31. The highest BCUT2D eigenvalue weighted by atomic mass is 32.2. The summed E-state index contributed by atoms with van der Waals surface area (Å²) in [5.41, 5.74) is 6.18. The smallest absolute Gasteiger partial charge is 0.341 e. The Morgan fingerprint density at radius 2 is 2.07 bits per heavy atom. The number of benzene rings is 1.